The number of benzene rings is 1. The molecule has 0 spiro atoms. The van der Waals surface area contributed by atoms with E-state index < -0.39 is 0 Å². The molecule has 0 radical (unpaired) electrons. The molecule has 1 aliphatic carbocycles. The van der Waals surface area contributed by atoms with E-state index in [1.807, 2.05) is 24.3 Å². The maximum atomic E-state index is 12.1. The van der Waals surface area contributed by atoms with Gasteiger partial charge in [0.15, 0.2) is 0 Å². The SMILES string of the molecule is COc1ccc(C(C)CC(=O)NC2CCC(N)CC2)cc1. The van der Waals surface area contributed by atoms with Crippen LogP contribution in [-0.4, -0.2) is 25.1 Å². The lowest BCUT2D eigenvalue weighted by Gasteiger charge is -2.27. The van der Waals surface area contributed by atoms with Gasteiger partial charge in [-0.15, -0.1) is 0 Å². The number of carbonyl (C=O) groups excluding carboxylic acids is 1. The van der Waals surface area contributed by atoms with E-state index in [1.54, 1.807) is 7.11 Å². The summed E-state index contributed by atoms with van der Waals surface area (Å²) in [4.78, 5) is 12.1. The van der Waals surface area contributed by atoms with Crippen molar-refractivity contribution in [2.45, 2.75) is 57.0 Å². The van der Waals surface area contributed by atoms with Crippen molar-refractivity contribution in [1.82, 2.24) is 5.32 Å². The fourth-order valence-electron chi connectivity index (χ4n) is 2.88. The second-order valence-electron chi connectivity index (χ2n) is 6.06. The molecule has 116 valence electrons. The van der Waals surface area contributed by atoms with Crippen LogP contribution < -0.4 is 15.8 Å². The summed E-state index contributed by atoms with van der Waals surface area (Å²) in [6.45, 7) is 2.08. The molecule has 4 nitrogen and oxygen atoms in total. The summed E-state index contributed by atoms with van der Waals surface area (Å²) in [5, 5.41) is 3.14. The highest BCUT2D eigenvalue weighted by atomic mass is 16.5. The average molecular weight is 290 g/mol. The molecule has 0 bridgehead atoms. The lowest BCUT2D eigenvalue weighted by molar-refractivity contribution is -0.122. The Morgan fingerprint density at radius 1 is 1.29 bits per heavy atom. The van der Waals surface area contributed by atoms with Crippen molar-refractivity contribution in [2.75, 3.05) is 7.11 Å². The highest BCUT2D eigenvalue weighted by Crippen LogP contribution is 2.22. The van der Waals surface area contributed by atoms with Gasteiger partial charge in [-0.25, -0.2) is 0 Å². The number of rotatable bonds is 5. The highest BCUT2D eigenvalue weighted by molar-refractivity contribution is 5.77. The topological polar surface area (TPSA) is 64.3 Å². The first-order chi connectivity index (χ1) is 10.1. The monoisotopic (exact) mass is 290 g/mol. The molecule has 21 heavy (non-hydrogen) atoms. The number of methoxy groups -OCH3 is 1. The minimum Gasteiger partial charge on any atom is -0.497 e. The van der Waals surface area contributed by atoms with Crippen molar-refractivity contribution in [3.63, 3.8) is 0 Å². The van der Waals surface area contributed by atoms with Gasteiger partial charge in [0, 0.05) is 18.5 Å². The van der Waals surface area contributed by atoms with E-state index in [4.69, 9.17) is 10.5 Å². The van der Waals surface area contributed by atoms with Crippen LogP contribution in [0.1, 0.15) is 50.5 Å². The van der Waals surface area contributed by atoms with Crippen molar-refractivity contribution >= 4 is 5.91 Å². The molecule has 1 amide bonds. The number of nitrogens with one attached hydrogen (secondary N) is 1. The molecule has 1 fully saturated rings. The highest BCUT2D eigenvalue weighted by Gasteiger charge is 2.21. The Hall–Kier alpha value is -1.55. The summed E-state index contributed by atoms with van der Waals surface area (Å²) in [5.41, 5.74) is 7.05. The minimum atomic E-state index is 0.138. The van der Waals surface area contributed by atoms with E-state index in [0.717, 1.165) is 37.0 Å². The maximum absolute atomic E-state index is 12.1. The Labute approximate surface area is 127 Å². The Kier molecular flexibility index (Phi) is 5.62. The van der Waals surface area contributed by atoms with Gasteiger partial charge in [-0.05, 0) is 49.3 Å². The standard InChI is InChI=1S/C17H26N2O2/c1-12(13-3-9-16(21-2)10-4-13)11-17(20)19-15-7-5-14(18)6-8-15/h3-4,9-10,12,14-15H,5-8,11,18H2,1-2H3,(H,19,20). The molecule has 0 saturated heterocycles. The molecule has 1 aliphatic rings. The largest absolute Gasteiger partial charge is 0.497 e. The summed E-state index contributed by atoms with van der Waals surface area (Å²) >= 11 is 0. The maximum Gasteiger partial charge on any atom is 0.220 e. The van der Waals surface area contributed by atoms with Gasteiger partial charge in [-0.2, -0.15) is 0 Å². The predicted octanol–water partition coefficient (Wildman–Crippen LogP) is 2.57. The Morgan fingerprint density at radius 2 is 1.90 bits per heavy atom. The molecule has 0 aromatic heterocycles. The molecule has 1 saturated carbocycles. The predicted molar refractivity (Wildman–Crippen MR) is 84.4 cm³/mol. The van der Waals surface area contributed by atoms with Crippen LogP contribution in [0.4, 0.5) is 0 Å². The van der Waals surface area contributed by atoms with E-state index in [-0.39, 0.29) is 11.8 Å². The quantitative estimate of drug-likeness (QED) is 0.876. The minimum absolute atomic E-state index is 0.138. The van der Waals surface area contributed by atoms with E-state index in [1.165, 1.54) is 0 Å². The smallest absolute Gasteiger partial charge is 0.220 e. The second kappa shape index (κ2) is 7.46. The van der Waals surface area contributed by atoms with Gasteiger partial charge >= 0.3 is 0 Å². The van der Waals surface area contributed by atoms with Crippen molar-refractivity contribution in [2.24, 2.45) is 5.73 Å². The number of ether oxygens (including phenoxy) is 1. The third kappa shape index (κ3) is 4.74. The Balaban J connectivity index is 1.81. The summed E-state index contributed by atoms with van der Waals surface area (Å²) in [7, 11) is 1.65. The summed E-state index contributed by atoms with van der Waals surface area (Å²) < 4.78 is 5.15. The first kappa shape index (κ1) is 15.8. The van der Waals surface area contributed by atoms with Crippen LogP contribution in [0.25, 0.3) is 0 Å². The van der Waals surface area contributed by atoms with Gasteiger partial charge in [-0.1, -0.05) is 19.1 Å². The molecule has 0 aliphatic heterocycles. The number of hydrogen-bond acceptors (Lipinski definition) is 3. The molecule has 0 heterocycles. The third-order valence-electron chi connectivity index (χ3n) is 4.31. The van der Waals surface area contributed by atoms with Crippen LogP contribution in [0.2, 0.25) is 0 Å². The van der Waals surface area contributed by atoms with Gasteiger partial charge < -0.3 is 15.8 Å². The van der Waals surface area contributed by atoms with Crippen LogP contribution in [0.3, 0.4) is 0 Å². The van der Waals surface area contributed by atoms with Gasteiger partial charge in [0.05, 0.1) is 7.11 Å². The van der Waals surface area contributed by atoms with Crippen LogP contribution in [0.5, 0.6) is 5.75 Å². The average Bonchev–Trinajstić information content (AvgIpc) is 2.49. The van der Waals surface area contributed by atoms with E-state index in [0.29, 0.717) is 18.5 Å². The molecule has 1 aromatic rings. The number of hydrogen-bond donors (Lipinski definition) is 2. The molecule has 1 aromatic carbocycles. The Bertz CT molecular complexity index is 450. The Morgan fingerprint density at radius 3 is 2.48 bits per heavy atom. The second-order valence-corrected chi connectivity index (χ2v) is 6.06. The molecule has 1 unspecified atom stereocenters. The van der Waals surface area contributed by atoms with Gasteiger partial charge in [0.25, 0.3) is 0 Å². The van der Waals surface area contributed by atoms with Gasteiger partial charge in [0.1, 0.15) is 5.75 Å². The van der Waals surface area contributed by atoms with Gasteiger partial charge in [-0.3, -0.25) is 4.79 Å². The van der Waals surface area contributed by atoms with Crippen LogP contribution in [-0.2, 0) is 4.79 Å². The summed E-state index contributed by atoms with van der Waals surface area (Å²) in [6.07, 6.45) is 4.56. The van der Waals surface area contributed by atoms with Gasteiger partial charge in [0.2, 0.25) is 5.91 Å². The van der Waals surface area contributed by atoms with E-state index >= 15 is 0 Å². The zero-order chi connectivity index (χ0) is 15.2. The van der Waals surface area contributed by atoms with E-state index in [2.05, 4.69) is 12.2 Å². The fourth-order valence-corrected chi connectivity index (χ4v) is 2.88. The molecular weight excluding hydrogens is 264 g/mol. The zero-order valence-corrected chi connectivity index (χ0v) is 13.0. The van der Waals surface area contributed by atoms with E-state index in [9.17, 15) is 4.79 Å². The third-order valence-corrected chi connectivity index (χ3v) is 4.31. The molecule has 1 atom stereocenters. The summed E-state index contributed by atoms with van der Waals surface area (Å²) in [6, 6.07) is 8.54. The zero-order valence-electron chi connectivity index (χ0n) is 13.0. The van der Waals surface area contributed by atoms with Crippen LogP contribution in [0.15, 0.2) is 24.3 Å². The van der Waals surface area contributed by atoms with Crippen molar-refractivity contribution < 1.29 is 9.53 Å². The summed E-state index contributed by atoms with van der Waals surface area (Å²) in [5.74, 6) is 1.19. The molecule has 3 N–H and O–H groups in total. The molecule has 2 rings (SSSR count). The lowest BCUT2D eigenvalue weighted by atomic mass is 9.91. The normalized spacial score (nSPS) is 23.4. The number of carbonyl (C=O) groups is 1. The van der Waals surface area contributed by atoms with Crippen molar-refractivity contribution in [1.29, 1.82) is 0 Å². The lowest BCUT2D eigenvalue weighted by Crippen LogP contribution is -2.40. The molecular formula is C17H26N2O2. The van der Waals surface area contributed by atoms with Crippen molar-refractivity contribution in [3.8, 4) is 5.75 Å². The first-order valence-electron chi connectivity index (χ1n) is 7.77. The number of amides is 1. The number of nitrogens with two attached hydrogens (primary N) is 1. The fraction of sp³-hybridized carbons (Fsp3) is 0.588. The first-order valence-corrected chi connectivity index (χ1v) is 7.77. The van der Waals surface area contributed by atoms with Crippen molar-refractivity contribution in [3.05, 3.63) is 29.8 Å². The van der Waals surface area contributed by atoms with Crippen LogP contribution in [0, 0.1) is 0 Å². The molecule has 4 heteroatoms. The van der Waals surface area contributed by atoms with Crippen LogP contribution >= 0.6 is 0 Å².